The van der Waals surface area contributed by atoms with Crippen LogP contribution in [0.15, 0.2) is 35.6 Å². The number of para-hydroxylation sites is 1. The number of aliphatic imine (C=N–C) groups is 1. The molecular weight excluding hydrogens is 372 g/mol. The Labute approximate surface area is 172 Å². The van der Waals surface area contributed by atoms with Crippen molar-refractivity contribution in [1.82, 2.24) is 25.0 Å². The van der Waals surface area contributed by atoms with Gasteiger partial charge in [-0.15, -0.1) is 10.2 Å². The number of ether oxygens (including phenoxy) is 1. The quantitative estimate of drug-likeness (QED) is 0.353. The molecule has 7 nitrogen and oxygen atoms in total. The number of nitrogens with zero attached hydrogens (tertiary/aromatic N) is 5. The molecule has 1 heterocycles. The molecule has 1 N–H and O–H groups in total. The number of nitrogens with one attached hydrogen (secondary N) is 1. The van der Waals surface area contributed by atoms with E-state index in [1.54, 1.807) is 13.4 Å². The van der Waals surface area contributed by atoms with Crippen molar-refractivity contribution in [1.29, 1.82) is 0 Å². The maximum absolute atomic E-state index is 5.49. The SMILES string of the molecule is CCc1nncn1CCNC(=NCCCSC)N(C)Cc1ccccc1OC. The molecule has 28 heavy (non-hydrogen) atoms. The maximum atomic E-state index is 5.49. The van der Waals surface area contributed by atoms with Crippen LogP contribution in [-0.4, -0.2) is 64.9 Å². The van der Waals surface area contributed by atoms with E-state index in [0.29, 0.717) is 0 Å². The predicted octanol–water partition coefficient (Wildman–Crippen LogP) is 2.68. The van der Waals surface area contributed by atoms with E-state index in [4.69, 9.17) is 9.73 Å². The average Bonchev–Trinajstić information content (AvgIpc) is 3.17. The Balaban J connectivity index is 2.00. The van der Waals surface area contributed by atoms with Crippen molar-refractivity contribution in [2.45, 2.75) is 32.9 Å². The third kappa shape index (κ3) is 6.74. The first-order chi connectivity index (χ1) is 13.7. The minimum Gasteiger partial charge on any atom is -0.496 e. The molecule has 0 spiro atoms. The monoisotopic (exact) mass is 404 g/mol. The van der Waals surface area contributed by atoms with Gasteiger partial charge in [-0.25, -0.2) is 0 Å². The van der Waals surface area contributed by atoms with Crippen LogP contribution in [0, 0.1) is 0 Å². The molecule has 0 fully saturated rings. The summed E-state index contributed by atoms with van der Waals surface area (Å²) in [7, 11) is 3.77. The van der Waals surface area contributed by atoms with Crippen LogP contribution in [0.3, 0.4) is 0 Å². The first-order valence-corrected chi connectivity index (χ1v) is 11.1. The van der Waals surface area contributed by atoms with Crippen LogP contribution in [0.2, 0.25) is 0 Å². The summed E-state index contributed by atoms with van der Waals surface area (Å²) < 4.78 is 7.57. The van der Waals surface area contributed by atoms with Crippen molar-refractivity contribution in [3.05, 3.63) is 42.0 Å². The van der Waals surface area contributed by atoms with Gasteiger partial charge in [-0.3, -0.25) is 4.99 Å². The van der Waals surface area contributed by atoms with Crippen molar-refractivity contribution >= 4 is 17.7 Å². The Bertz CT molecular complexity index is 733. The predicted molar refractivity (Wildman–Crippen MR) is 117 cm³/mol. The molecule has 2 aromatic rings. The van der Waals surface area contributed by atoms with Crippen LogP contribution in [0.5, 0.6) is 5.75 Å². The third-order valence-electron chi connectivity index (χ3n) is 4.38. The maximum Gasteiger partial charge on any atom is 0.194 e. The molecule has 8 heteroatoms. The number of rotatable bonds is 11. The summed E-state index contributed by atoms with van der Waals surface area (Å²) in [5, 5.41) is 11.6. The molecule has 0 aliphatic rings. The number of hydrogen-bond donors (Lipinski definition) is 1. The van der Waals surface area contributed by atoms with Crippen LogP contribution in [-0.2, 0) is 19.5 Å². The number of methoxy groups -OCH3 is 1. The van der Waals surface area contributed by atoms with Crippen LogP contribution >= 0.6 is 11.8 Å². The number of guanidine groups is 1. The van der Waals surface area contributed by atoms with Gasteiger partial charge in [0.15, 0.2) is 5.96 Å². The molecule has 0 saturated heterocycles. The smallest absolute Gasteiger partial charge is 0.194 e. The zero-order chi connectivity index (χ0) is 20.2. The summed E-state index contributed by atoms with van der Waals surface area (Å²) in [6.45, 7) is 5.20. The number of aromatic nitrogens is 3. The van der Waals surface area contributed by atoms with E-state index in [2.05, 4.69) is 51.3 Å². The van der Waals surface area contributed by atoms with Crippen LogP contribution < -0.4 is 10.1 Å². The molecule has 2 rings (SSSR count). The Morgan fingerprint density at radius 1 is 1.36 bits per heavy atom. The summed E-state index contributed by atoms with van der Waals surface area (Å²) in [5.41, 5.74) is 1.14. The zero-order valence-corrected chi connectivity index (χ0v) is 18.2. The van der Waals surface area contributed by atoms with Crippen LogP contribution in [0.4, 0.5) is 0 Å². The fourth-order valence-electron chi connectivity index (χ4n) is 2.90. The molecule has 0 aliphatic heterocycles. The normalized spacial score (nSPS) is 11.5. The summed E-state index contributed by atoms with van der Waals surface area (Å²) in [4.78, 5) is 6.95. The van der Waals surface area contributed by atoms with Crippen molar-refractivity contribution in [2.24, 2.45) is 4.99 Å². The molecule has 0 radical (unpaired) electrons. The highest BCUT2D eigenvalue weighted by molar-refractivity contribution is 7.98. The minimum atomic E-state index is 0.727. The van der Waals surface area contributed by atoms with Gasteiger partial charge in [-0.1, -0.05) is 25.1 Å². The topological polar surface area (TPSA) is 67.6 Å². The lowest BCUT2D eigenvalue weighted by Gasteiger charge is -2.23. The van der Waals surface area contributed by atoms with Gasteiger partial charge in [0.1, 0.15) is 17.9 Å². The van der Waals surface area contributed by atoms with E-state index in [9.17, 15) is 0 Å². The Kier molecular flexibility index (Phi) is 9.68. The lowest BCUT2D eigenvalue weighted by atomic mass is 10.2. The Morgan fingerprint density at radius 2 is 2.18 bits per heavy atom. The molecule has 0 unspecified atom stereocenters. The zero-order valence-electron chi connectivity index (χ0n) is 17.4. The van der Waals surface area contributed by atoms with Gasteiger partial charge >= 0.3 is 0 Å². The highest BCUT2D eigenvalue weighted by atomic mass is 32.2. The van der Waals surface area contributed by atoms with Crippen molar-refractivity contribution < 1.29 is 4.74 Å². The van der Waals surface area contributed by atoms with Crippen molar-refractivity contribution in [3.8, 4) is 5.75 Å². The minimum absolute atomic E-state index is 0.727. The van der Waals surface area contributed by atoms with Gasteiger partial charge in [-0.2, -0.15) is 11.8 Å². The van der Waals surface area contributed by atoms with E-state index >= 15 is 0 Å². The first-order valence-electron chi connectivity index (χ1n) is 9.66. The van der Waals surface area contributed by atoms with E-state index < -0.39 is 0 Å². The van der Waals surface area contributed by atoms with Gasteiger partial charge in [0.25, 0.3) is 0 Å². The highest BCUT2D eigenvalue weighted by Gasteiger charge is 2.10. The lowest BCUT2D eigenvalue weighted by Crippen LogP contribution is -2.40. The number of aryl methyl sites for hydroxylation is 1. The third-order valence-corrected chi connectivity index (χ3v) is 5.07. The molecule has 1 aromatic heterocycles. The van der Waals surface area contributed by atoms with Crippen LogP contribution in [0.1, 0.15) is 24.7 Å². The van der Waals surface area contributed by atoms with Crippen LogP contribution in [0.25, 0.3) is 0 Å². The first kappa shape index (κ1) is 22.1. The van der Waals surface area contributed by atoms with E-state index in [1.807, 2.05) is 30.0 Å². The second kappa shape index (κ2) is 12.3. The molecule has 0 aliphatic carbocycles. The molecular formula is C20H32N6OS. The summed E-state index contributed by atoms with van der Waals surface area (Å²) in [6, 6.07) is 8.10. The summed E-state index contributed by atoms with van der Waals surface area (Å²) in [5.74, 6) is 3.92. The van der Waals surface area contributed by atoms with E-state index in [-0.39, 0.29) is 0 Å². The standard InChI is InChI=1S/C20H32N6OS/c1-5-19-24-23-16-26(19)13-12-22-20(21-11-8-14-28-4)25(2)15-17-9-6-7-10-18(17)27-3/h6-7,9-10,16H,5,8,11-15H2,1-4H3,(H,21,22). The van der Waals surface area contributed by atoms with E-state index in [1.165, 1.54) is 0 Å². The fraction of sp³-hybridized carbons (Fsp3) is 0.550. The lowest BCUT2D eigenvalue weighted by molar-refractivity contribution is 0.395. The molecule has 0 saturated carbocycles. The fourth-order valence-corrected chi connectivity index (χ4v) is 3.31. The van der Waals surface area contributed by atoms with Gasteiger partial charge in [0.05, 0.1) is 7.11 Å². The van der Waals surface area contributed by atoms with Gasteiger partial charge in [0, 0.05) is 45.2 Å². The second-order valence-electron chi connectivity index (χ2n) is 6.44. The summed E-state index contributed by atoms with van der Waals surface area (Å²) in [6.07, 6.45) is 5.86. The summed E-state index contributed by atoms with van der Waals surface area (Å²) >= 11 is 1.85. The van der Waals surface area contributed by atoms with Crippen molar-refractivity contribution in [2.75, 3.05) is 39.3 Å². The van der Waals surface area contributed by atoms with Crippen molar-refractivity contribution in [3.63, 3.8) is 0 Å². The van der Waals surface area contributed by atoms with E-state index in [0.717, 1.165) is 67.9 Å². The largest absolute Gasteiger partial charge is 0.496 e. The number of benzene rings is 1. The molecule has 1 aromatic carbocycles. The average molecular weight is 405 g/mol. The molecule has 0 amide bonds. The second-order valence-corrected chi connectivity index (χ2v) is 7.43. The molecule has 0 bridgehead atoms. The number of hydrogen-bond acceptors (Lipinski definition) is 5. The van der Waals surface area contributed by atoms with Gasteiger partial charge in [0.2, 0.25) is 0 Å². The highest BCUT2D eigenvalue weighted by Crippen LogP contribution is 2.18. The molecule has 0 atom stereocenters. The number of thioether (sulfide) groups is 1. The molecule has 154 valence electrons. The Morgan fingerprint density at radius 3 is 2.93 bits per heavy atom. The van der Waals surface area contributed by atoms with Gasteiger partial charge in [-0.05, 0) is 24.5 Å². The Hall–Kier alpha value is -2.22. The van der Waals surface area contributed by atoms with Gasteiger partial charge < -0.3 is 19.5 Å².